The molecule has 0 aliphatic rings. The molecule has 6 aromatic heterocycles. The van der Waals surface area contributed by atoms with E-state index in [-0.39, 0.29) is 0 Å². The second-order valence-electron chi connectivity index (χ2n) is 22.3. The second kappa shape index (κ2) is 33.4. The summed E-state index contributed by atoms with van der Waals surface area (Å²) in [7, 11) is 0. The van der Waals surface area contributed by atoms with E-state index in [9.17, 15) is 0 Å². The van der Waals surface area contributed by atoms with E-state index in [0.29, 0.717) is 71.0 Å². The molecule has 10 heteroatoms. The van der Waals surface area contributed by atoms with Crippen LogP contribution in [0.2, 0.25) is 0 Å². The van der Waals surface area contributed by atoms with Crippen LogP contribution in [-0.4, -0.2) is 49.8 Å². The first-order valence-corrected chi connectivity index (χ1v) is 26.9. The molecule has 0 aliphatic heterocycles. The van der Waals surface area contributed by atoms with Crippen LogP contribution >= 0.6 is 0 Å². The van der Waals surface area contributed by atoms with Gasteiger partial charge in [-0.25, -0.2) is 34.9 Å². The molecule has 0 saturated carbocycles. The standard InChI is InChI=1S/3C11H17N.2C10H16N2.C9H15N3/c1-8(2)10-5-11(9(3)4)7-12-6-10;1-8(2)10-5-6-12-11(7-10)9(3)4;1-8(2)10-6-5-7-11(12-10)9(3)4;1-7(2)9-5-10(8(3)4)12-6-11-9;1-7(2)9-5-6-11-10(12-9)8(3)4;1-6(2)8-10-5-11-9(12-8)7(3)4/h3*5-9H,1-4H3;2*5-8H,1-4H3;5-7H,1-4H3. The molecule has 0 saturated heterocycles. The van der Waals surface area contributed by atoms with Gasteiger partial charge in [0, 0.05) is 76.7 Å². The number of hydrogen-bond donors (Lipinski definition) is 0. The highest BCUT2D eigenvalue weighted by molar-refractivity contribution is 5.23. The van der Waals surface area contributed by atoms with Crippen LogP contribution in [0.5, 0.6) is 0 Å². The van der Waals surface area contributed by atoms with Crippen LogP contribution in [0, 0.1) is 0 Å². The van der Waals surface area contributed by atoms with Gasteiger partial charge in [-0.3, -0.25) is 15.0 Å². The lowest BCUT2D eigenvalue weighted by atomic mass is 9.99. The molecule has 0 fully saturated rings. The highest BCUT2D eigenvalue weighted by Gasteiger charge is 2.10. The van der Waals surface area contributed by atoms with Crippen LogP contribution in [-0.2, 0) is 0 Å². The normalized spacial score (nSPS) is 11.2. The molecule has 0 bridgehead atoms. The van der Waals surface area contributed by atoms with Crippen molar-refractivity contribution in [1.82, 2.24) is 49.8 Å². The van der Waals surface area contributed by atoms with Gasteiger partial charge >= 0.3 is 0 Å². The molecular formula is C62H98N10. The zero-order chi connectivity index (χ0) is 54.8. The maximum Gasteiger partial charge on any atom is 0.134 e. The monoisotopic (exact) mass is 983 g/mol. The molecule has 6 heterocycles. The number of hydrogen-bond acceptors (Lipinski definition) is 10. The Morgan fingerprint density at radius 2 is 0.625 bits per heavy atom. The summed E-state index contributed by atoms with van der Waals surface area (Å²) in [6.07, 6.45) is 10.9. The van der Waals surface area contributed by atoms with Crippen molar-refractivity contribution in [2.45, 2.75) is 237 Å². The predicted octanol–water partition coefficient (Wildman–Crippen LogP) is 17.6. The van der Waals surface area contributed by atoms with Gasteiger partial charge in [0.15, 0.2) is 0 Å². The molecule has 0 atom stereocenters. The fourth-order valence-corrected chi connectivity index (χ4v) is 6.25. The van der Waals surface area contributed by atoms with Crippen molar-refractivity contribution in [2.75, 3.05) is 0 Å². The van der Waals surface area contributed by atoms with Crippen molar-refractivity contribution in [1.29, 1.82) is 0 Å². The molecule has 6 aromatic rings. The Morgan fingerprint density at radius 1 is 0.264 bits per heavy atom. The van der Waals surface area contributed by atoms with Crippen LogP contribution in [0.4, 0.5) is 0 Å². The first-order chi connectivity index (χ1) is 33.7. The van der Waals surface area contributed by atoms with Gasteiger partial charge in [-0.1, -0.05) is 178 Å². The average molecular weight is 984 g/mol. The number of aromatic nitrogens is 10. The summed E-state index contributed by atoms with van der Waals surface area (Å²) < 4.78 is 0. The van der Waals surface area contributed by atoms with Crippen molar-refractivity contribution < 1.29 is 0 Å². The molecule has 72 heavy (non-hydrogen) atoms. The van der Waals surface area contributed by atoms with Crippen molar-refractivity contribution in [2.24, 2.45) is 0 Å². The molecule has 0 aliphatic carbocycles. The summed E-state index contributed by atoms with van der Waals surface area (Å²) in [5.41, 5.74) is 11.0. The Labute approximate surface area is 439 Å². The van der Waals surface area contributed by atoms with Crippen LogP contribution in [0.15, 0.2) is 86.0 Å². The van der Waals surface area contributed by atoms with Gasteiger partial charge in [-0.15, -0.1) is 0 Å². The van der Waals surface area contributed by atoms with Gasteiger partial charge in [-0.05, 0) is 106 Å². The first-order valence-electron chi connectivity index (χ1n) is 26.9. The number of nitrogens with zero attached hydrogens (tertiary/aromatic N) is 10. The zero-order valence-electron chi connectivity index (χ0n) is 49.5. The van der Waals surface area contributed by atoms with Crippen LogP contribution in [0.3, 0.4) is 0 Å². The zero-order valence-corrected chi connectivity index (χ0v) is 49.5. The van der Waals surface area contributed by atoms with E-state index in [1.165, 1.54) is 33.8 Å². The maximum absolute atomic E-state index is 4.57. The summed E-state index contributed by atoms with van der Waals surface area (Å²) in [5.74, 6) is 8.72. The summed E-state index contributed by atoms with van der Waals surface area (Å²) >= 11 is 0. The molecule has 0 aromatic carbocycles. The smallest absolute Gasteiger partial charge is 0.134 e. The minimum absolute atomic E-state index is 0.380. The minimum atomic E-state index is 0.380. The molecule has 0 unspecified atom stereocenters. The second-order valence-corrected chi connectivity index (χ2v) is 22.3. The first kappa shape index (κ1) is 64.6. The minimum Gasteiger partial charge on any atom is -0.264 e. The molecule has 10 nitrogen and oxygen atoms in total. The molecule has 6 rings (SSSR count). The van der Waals surface area contributed by atoms with Gasteiger partial charge < -0.3 is 0 Å². The van der Waals surface area contributed by atoms with E-state index in [1.807, 2.05) is 30.9 Å². The predicted molar refractivity (Wildman–Crippen MR) is 306 cm³/mol. The van der Waals surface area contributed by atoms with Gasteiger partial charge in [0.25, 0.3) is 0 Å². The Kier molecular flexibility index (Phi) is 30.0. The summed E-state index contributed by atoms with van der Waals surface area (Å²) in [6, 6.07) is 16.9. The lowest BCUT2D eigenvalue weighted by Crippen LogP contribution is -2.04. The highest BCUT2D eigenvalue weighted by atomic mass is 15.0. The quantitative estimate of drug-likeness (QED) is 0.117. The Bertz CT molecular complexity index is 1810. The topological polar surface area (TPSA) is 129 Å². The van der Waals surface area contributed by atoms with E-state index >= 15 is 0 Å². The molecule has 0 amide bonds. The lowest BCUT2D eigenvalue weighted by molar-refractivity contribution is 0.693. The van der Waals surface area contributed by atoms with E-state index in [2.05, 4.69) is 258 Å². The van der Waals surface area contributed by atoms with Crippen LogP contribution in [0.1, 0.15) is 306 Å². The third-order valence-electron chi connectivity index (χ3n) is 11.5. The molecule has 0 N–H and O–H groups in total. The Morgan fingerprint density at radius 3 is 1.01 bits per heavy atom. The van der Waals surface area contributed by atoms with Crippen molar-refractivity contribution in [3.63, 3.8) is 0 Å². The highest BCUT2D eigenvalue weighted by Crippen LogP contribution is 2.21. The lowest BCUT2D eigenvalue weighted by Gasteiger charge is -2.09. The van der Waals surface area contributed by atoms with E-state index < -0.39 is 0 Å². The maximum atomic E-state index is 4.57. The van der Waals surface area contributed by atoms with Gasteiger partial charge in [0.1, 0.15) is 30.1 Å². The summed E-state index contributed by atoms with van der Waals surface area (Å²) in [5, 5.41) is 0. The average Bonchev–Trinajstić information content (AvgIpc) is 3.35. The van der Waals surface area contributed by atoms with Gasteiger partial charge in [0.05, 0.1) is 0 Å². The van der Waals surface area contributed by atoms with Gasteiger partial charge in [0.2, 0.25) is 0 Å². The summed E-state index contributed by atoms with van der Waals surface area (Å²) in [6.45, 7) is 51.7. The van der Waals surface area contributed by atoms with E-state index in [4.69, 9.17) is 0 Å². The van der Waals surface area contributed by atoms with Crippen molar-refractivity contribution >= 4 is 0 Å². The Balaban J connectivity index is 0.000000432. The fraction of sp³-hybridized carbons (Fsp3) is 0.581. The fourth-order valence-electron chi connectivity index (χ4n) is 6.25. The largest absolute Gasteiger partial charge is 0.264 e. The van der Waals surface area contributed by atoms with Crippen molar-refractivity contribution in [3.8, 4) is 0 Å². The molecule has 0 spiro atoms. The SMILES string of the molecule is CC(C)c1cc(C(C)C)ncn1.CC(C)c1cccc(C(C)C)n1.CC(C)c1ccnc(C(C)C)c1.CC(C)c1ccnc(C(C)C)n1.CC(C)c1cncc(C(C)C)c1.CC(C)c1ncnc(C(C)C)n1. The van der Waals surface area contributed by atoms with Gasteiger partial charge in [-0.2, -0.15) is 0 Å². The number of pyridine rings is 3. The Hall–Kier alpha value is -5.38. The third-order valence-corrected chi connectivity index (χ3v) is 11.5. The van der Waals surface area contributed by atoms with Crippen LogP contribution < -0.4 is 0 Å². The summed E-state index contributed by atoms with van der Waals surface area (Å²) in [4.78, 5) is 42.8. The molecule has 396 valence electrons. The van der Waals surface area contributed by atoms with E-state index in [0.717, 1.165) is 34.6 Å². The number of rotatable bonds is 12. The van der Waals surface area contributed by atoms with Crippen LogP contribution in [0.25, 0.3) is 0 Å². The third kappa shape index (κ3) is 24.8. The van der Waals surface area contributed by atoms with Crippen molar-refractivity contribution in [3.05, 3.63) is 154 Å². The molecule has 0 radical (unpaired) electrons. The molecular weight excluding hydrogens is 885 g/mol. The van der Waals surface area contributed by atoms with E-state index in [1.54, 1.807) is 12.7 Å².